The fraction of sp³-hybridized carbons (Fsp3) is 0.316. The lowest BCUT2D eigenvalue weighted by molar-refractivity contribution is 0.219. The summed E-state index contributed by atoms with van der Waals surface area (Å²) in [6, 6.07) is 8.98. The highest BCUT2D eigenvalue weighted by Crippen LogP contribution is 2.32. The molecule has 2 amide bonds. The van der Waals surface area contributed by atoms with Crippen molar-refractivity contribution in [2.24, 2.45) is 0 Å². The molecule has 142 valence electrons. The van der Waals surface area contributed by atoms with Gasteiger partial charge in [-0.25, -0.2) is 14.3 Å². The second-order valence-corrected chi connectivity index (χ2v) is 6.02. The van der Waals surface area contributed by atoms with Crippen LogP contribution < -0.4 is 14.8 Å². The Hall–Kier alpha value is -3.29. The number of rotatable bonds is 6. The van der Waals surface area contributed by atoms with E-state index in [4.69, 9.17) is 9.47 Å². The fourth-order valence-corrected chi connectivity index (χ4v) is 2.80. The number of hydrogen-bond acceptors (Lipinski definition) is 5. The van der Waals surface area contributed by atoms with E-state index < -0.39 is 0 Å². The number of nitrogens with one attached hydrogen (secondary N) is 1. The molecule has 2 heterocycles. The van der Waals surface area contributed by atoms with Crippen LogP contribution >= 0.6 is 0 Å². The Bertz CT molecular complexity index is 954. The zero-order valence-electron chi connectivity index (χ0n) is 15.9. The molecule has 8 nitrogen and oxygen atoms in total. The molecule has 8 heteroatoms. The number of hydrogen-bond donors (Lipinski definition) is 1. The number of amides is 2. The standard InChI is InChI=1S/C19H23N5O3/c1-5-27-17-14(8-6-10-16(17)26-4)12-23(3)19(25)21-15-9-7-11-24-18(15)20-13(2)22-24/h6-11H,5,12H2,1-4H3,(H,21,25). The number of carbonyl (C=O) groups is 1. The van der Waals surface area contributed by atoms with Crippen molar-refractivity contribution in [3.8, 4) is 11.5 Å². The first-order valence-corrected chi connectivity index (χ1v) is 8.66. The van der Waals surface area contributed by atoms with Gasteiger partial charge in [0.05, 0.1) is 25.9 Å². The molecule has 3 aromatic rings. The second-order valence-electron chi connectivity index (χ2n) is 6.02. The van der Waals surface area contributed by atoms with E-state index in [1.54, 1.807) is 35.8 Å². The number of benzene rings is 1. The van der Waals surface area contributed by atoms with Gasteiger partial charge in [-0.05, 0) is 32.0 Å². The van der Waals surface area contributed by atoms with Crippen LogP contribution in [-0.4, -0.2) is 46.3 Å². The average Bonchev–Trinajstić information content (AvgIpc) is 3.04. The topological polar surface area (TPSA) is 81.0 Å². The van der Waals surface area contributed by atoms with Crippen LogP contribution in [0.4, 0.5) is 10.5 Å². The quantitative estimate of drug-likeness (QED) is 0.722. The molecule has 0 aliphatic heterocycles. The molecule has 0 atom stereocenters. The van der Waals surface area contributed by atoms with Gasteiger partial charge in [0, 0.05) is 18.8 Å². The summed E-state index contributed by atoms with van der Waals surface area (Å²) in [4.78, 5) is 18.6. The predicted octanol–water partition coefficient (Wildman–Crippen LogP) is 3.11. The minimum atomic E-state index is -0.256. The van der Waals surface area contributed by atoms with Gasteiger partial charge in [0.15, 0.2) is 17.1 Å². The molecule has 0 saturated heterocycles. The molecule has 2 aromatic heterocycles. The molecule has 27 heavy (non-hydrogen) atoms. The highest BCUT2D eigenvalue weighted by molar-refractivity contribution is 5.92. The molecule has 0 aliphatic rings. The lowest BCUT2D eigenvalue weighted by atomic mass is 10.1. The summed E-state index contributed by atoms with van der Waals surface area (Å²) >= 11 is 0. The number of urea groups is 1. The monoisotopic (exact) mass is 369 g/mol. The number of aromatic nitrogens is 3. The van der Waals surface area contributed by atoms with Gasteiger partial charge in [-0.2, -0.15) is 5.10 Å². The summed E-state index contributed by atoms with van der Waals surface area (Å²) in [7, 11) is 3.32. The van der Waals surface area contributed by atoms with E-state index in [1.807, 2.05) is 38.1 Å². The van der Waals surface area contributed by atoms with Gasteiger partial charge in [0.1, 0.15) is 5.82 Å². The Morgan fingerprint density at radius 2 is 2.11 bits per heavy atom. The molecule has 0 bridgehead atoms. The number of nitrogens with zero attached hydrogens (tertiary/aromatic N) is 4. The summed E-state index contributed by atoms with van der Waals surface area (Å²) in [5.74, 6) is 1.94. The molecule has 3 rings (SSSR count). The molecular formula is C19H23N5O3. The normalized spacial score (nSPS) is 10.7. The number of carbonyl (C=O) groups excluding carboxylic acids is 1. The largest absolute Gasteiger partial charge is 0.493 e. The summed E-state index contributed by atoms with van der Waals surface area (Å²) < 4.78 is 12.7. The Kier molecular flexibility index (Phi) is 5.44. The van der Waals surface area contributed by atoms with Crippen LogP contribution in [0.1, 0.15) is 18.3 Å². The first kappa shape index (κ1) is 18.5. The van der Waals surface area contributed by atoms with Crippen molar-refractivity contribution in [2.45, 2.75) is 20.4 Å². The van der Waals surface area contributed by atoms with Gasteiger partial charge in [0.2, 0.25) is 0 Å². The maximum atomic E-state index is 12.7. The third-order valence-electron chi connectivity index (χ3n) is 4.03. The number of fused-ring (bicyclic) bond motifs is 1. The van der Waals surface area contributed by atoms with E-state index in [0.717, 1.165) is 5.56 Å². The SMILES string of the molecule is CCOc1c(CN(C)C(=O)Nc2cccn3nc(C)nc23)cccc1OC. The summed E-state index contributed by atoms with van der Waals surface area (Å²) in [5, 5.41) is 7.15. The predicted molar refractivity (Wildman–Crippen MR) is 102 cm³/mol. The van der Waals surface area contributed by atoms with Crippen molar-refractivity contribution in [3.63, 3.8) is 0 Å². The van der Waals surface area contributed by atoms with Crippen molar-refractivity contribution < 1.29 is 14.3 Å². The molecule has 1 N–H and O–H groups in total. The highest BCUT2D eigenvalue weighted by Gasteiger charge is 2.17. The Morgan fingerprint density at radius 3 is 2.85 bits per heavy atom. The number of aryl methyl sites for hydroxylation is 1. The van der Waals surface area contributed by atoms with E-state index in [1.165, 1.54) is 0 Å². The van der Waals surface area contributed by atoms with E-state index in [2.05, 4.69) is 15.4 Å². The summed E-state index contributed by atoms with van der Waals surface area (Å²) in [6.45, 7) is 4.60. The zero-order valence-corrected chi connectivity index (χ0v) is 15.9. The van der Waals surface area contributed by atoms with Gasteiger partial charge in [0.25, 0.3) is 0 Å². The van der Waals surface area contributed by atoms with Crippen molar-refractivity contribution in [3.05, 3.63) is 47.9 Å². The second kappa shape index (κ2) is 7.94. The molecule has 0 fully saturated rings. The van der Waals surface area contributed by atoms with Gasteiger partial charge in [-0.1, -0.05) is 12.1 Å². The number of ether oxygens (including phenoxy) is 2. The van der Waals surface area contributed by atoms with E-state index >= 15 is 0 Å². The van der Waals surface area contributed by atoms with Crippen LogP contribution in [0, 0.1) is 6.92 Å². The highest BCUT2D eigenvalue weighted by atomic mass is 16.5. The number of pyridine rings is 1. The third-order valence-corrected chi connectivity index (χ3v) is 4.03. The first-order chi connectivity index (χ1) is 13.0. The molecule has 1 aromatic carbocycles. The van der Waals surface area contributed by atoms with Crippen LogP contribution in [0.3, 0.4) is 0 Å². The van der Waals surface area contributed by atoms with Crippen LogP contribution in [0.15, 0.2) is 36.5 Å². The smallest absolute Gasteiger partial charge is 0.321 e. The van der Waals surface area contributed by atoms with Crippen molar-refractivity contribution >= 4 is 17.4 Å². The number of anilines is 1. The van der Waals surface area contributed by atoms with Crippen LogP contribution in [0.2, 0.25) is 0 Å². The minimum Gasteiger partial charge on any atom is -0.493 e. The van der Waals surface area contributed by atoms with Crippen LogP contribution in [-0.2, 0) is 6.54 Å². The maximum absolute atomic E-state index is 12.7. The van der Waals surface area contributed by atoms with E-state index in [9.17, 15) is 4.79 Å². The summed E-state index contributed by atoms with van der Waals surface area (Å²) in [6.07, 6.45) is 1.79. The van der Waals surface area contributed by atoms with Crippen LogP contribution in [0.25, 0.3) is 5.65 Å². The number of para-hydroxylation sites is 1. The molecule has 0 unspecified atom stereocenters. The first-order valence-electron chi connectivity index (χ1n) is 8.66. The zero-order chi connectivity index (χ0) is 19.4. The Balaban J connectivity index is 1.78. The van der Waals surface area contributed by atoms with Gasteiger partial charge in [-0.3, -0.25) is 0 Å². The van der Waals surface area contributed by atoms with Crippen molar-refractivity contribution in [2.75, 3.05) is 26.1 Å². The minimum absolute atomic E-state index is 0.256. The van der Waals surface area contributed by atoms with Gasteiger partial charge < -0.3 is 19.7 Å². The Labute approximate surface area is 157 Å². The van der Waals surface area contributed by atoms with Crippen LogP contribution in [0.5, 0.6) is 11.5 Å². The molecule has 0 spiro atoms. The molecule has 0 saturated carbocycles. The van der Waals surface area contributed by atoms with E-state index in [-0.39, 0.29) is 6.03 Å². The summed E-state index contributed by atoms with van der Waals surface area (Å²) in [5.41, 5.74) is 2.07. The van der Waals surface area contributed by atoms with Gasteiger partial charge in [-0.15, -0.1) is 0 Å². The molecular weight excluding hydrogens is 346 g/mol. The fourth-order valence-electron chi connectivity index (χ4n) is 2.80. The van der Waals surface area contributed by atoms with Gasteiger partial charge >= 0.3 is 6.03 Å². The molecule has 0 aliphatic carbocycles. The third kappa shape index (κ3) is 3.94. The van der Waals surface area contributed by atoms with Crippen molar-refractivity contribution in [1.29, 1.82) is 0 Å². The van der Waals surface area contributed by atoms with E-state index in [0.29, 0.717) is 41.8 Å². The maximum Gasteiger partial charge on any atom is 0.321 e. The average molecular weight is 369 g/mol. The Morgan fingerprint density at radius 1 is 1.30 bits per heavy atom. The lowest BCUT2D eigenvalue weighted by Gasteiger charge is -2.21. The molecule has 0 radical (unpaired) electrons. The van der Waals surface area contributed by atoms with Crippen molar-refractivity contribution in [1.82, 2.24) is 19.5 Å². The number of methoxy groups -OCH3 is 1. The lowest BCUT2D eigenvalue weighted by Crippen LogP contribution is -2.31.